The summed E-state index contributed by atoms with van der Waals surface area (Å²) in [5.74, 6) is -1.64. The zero-order valence-electron chi connectivity index (χ0n) is 14.1. The van der Waals surface area contributed by atoms with Crippen molar-refractivity contribution in [2.75, 3.05) is 39.3 Å². The summed E-state index contributed by atoms with van der Waals surface area (Å²) in [6.07, 6.45) is 3.80. The van der Waals surface area contributed by atoms with Crippen molar-refractivity contribution in [3.63, 3.8) is 0 Å². The molecule has 8 nitrogen and oxygen atoms in total. The second-order valence-corrected chi connectivity index (χ2v) is 6.68. The summed E-state index contributed by atoms with van der Waals surface area (Å²) in [6.45, 7) is 3.94. The molecule has 1 N–H and O–H groups in total. The summed E-state index contributed by atoms with van der Waals surface area (Å²) in [6, 6.07) is 0. The van der Waals surface area contributed by atoms with Crippen LogP contribution >= 0.6 is 0 Å². The Morgan fingerprint density at radius 2 is 1.71 bits per heavy atom. The highest BCUT2D eigenvalue weighted by atomic mass is 16.7. The van der Waals surface area contributed by atoms with Crippen LogP contribution in [0, 0.1) is 0 Å². The SMILES string of the molecule is CC(=O)N1CCN(C(=O)C(=O)NC[C@@H]2COC3(CCCC3)O2)CC1. The van der Waals surface area contributed by atoms with Crippen molar-refractivity contribution < 1.29 is 23.9 Å². The number of carbonyl (C=O) groups is 3. The van der Waals surface area contributed by atoms with E-state index in [1.54, 1.807) is 4.90 Å². The van der Waals surface area contributed by atoms with Gasteiger partial charge in [0, 0.05) is 52.5 Å². The van der Waals surface area contributed by atoms with Gasteiger partial charge in [-0.15, -0.1) is 0 Å². The molecule has 8 heteroatoms. The zero-order valence-corrected chi connectivity index (χ0v) is 14.1. The van der Waals surface area contributed by atoms with Crippen molar-refractivity contribution in [1.29, 1.82) is 0 Å². The first-order valence-electron chi connectivity index (χ1n) is 8.63. The molecular formula is C16H25N3O5. The second kappa shape index (κ2) is 7.06. The first-order valence-corrected chi connectivity index (χ1v) is 8.63. The molecule has 2 heterocycles. The van der Waals surface area contributed by atoms with Crippen LogP contribution in [-0.4, -0.2) is 78.7 Å². The van der Waals surface area contributed by atoms with Crippen LogP contribution in [0.25, 0.3) is 0 Å². The van der Waals surface area contributed by atoms with E-state index in [2.05, 4.69) is 5.32 Å². The summed E-state index contributed by atoms with van der Waals surface area (Å²) in [4.78, 5) is 38.7. The van der Waals surface area contributed by atoms with E-state index in [1.165, 1.54) is 11.8 Å². The number of hydrogen-bond acceptors (Lipinski definition) is 5. The fourth-order valence-corrected chi connectivity index (χ4v) is 3.54. The van der Waals surface area contributed by atoms with Gasteiger partial charge in [-0.1, -0.05) is 0 Å². The average Bonchev–Trinajstić information content (AvgIpc) is 3.22. The van der Waals surface area contributed by atoms with Gasteiger partial charge in [-0.3, -0.25) is 14.4 Å². The molecule has 0 aromatic rings. The minimum Gasteiger partial charge on any atom is -0.347 e. The van der Waals surface area contributed by atoms with Gasteiger partial charge in [0.15, 0.2) is 5.79 Å². The molecule has 1 spiro atoms. The Bertz CT molecular complexity index is 510. The molecular weight excluding hydrogens is 314 g/mol. The lowest BCUT2D eigenvalue weighted by atomic mass is 10.2. The average molecular weight is 339 g/mol. The van der Waals surface area contributed by atoms with E-state index in [1.807, 2.05) is 0 Å². The molecule has 0 aromatic carbocycles. The molecule has 24 heavy (non-hydrogen) atoms. The first kappa shape index (κ1) is 17.2. The third-order valence-corrected chi connectivity index (χ3v) is 4.98. The fraction of sp³-hybridized carbons (Fsp3) is 0.812. The Morgan fingerprint density at radius 1 is 1.08 bits per heavy atom. The Morgan fingerprint density at radius 3 is 2.33 bits per heavy atom. The lowest BCUT2D eigenvalue weighted by Crippen LogP contribution is -2.54. The summed E-state index contributed by atoms with van der Waals surface area (Å²) in [5.41, 5.74) is 0. The maximum absolute atomic E-state index is 12.2. The van der Waals surface area contributed by atoms with Crippen molar-refractivity contribution in [2.24, 2.45) is 0 Å². The monoisotopic (exact) mass is 339 g/mol. The topological polar surface area (TPSA) is 88.2 Å². The Labute approximate surface area is 141 Å². The maximum atomic E-state index is 12.2. The van der Waals surface area contributed by atoms with Crippen LogP contribution < -0.4 is 5.32 Å². The standard InChI is InChI=1S/C16H25N3O5/c1-12(20)18-6-8-19(9-7-18)15(22)14(21)17-10-13-11-23-16(24-13)4-2-3-5-16/h13H,2-11H2,1H3,(H,17,21)/t13-/m1/s1. The smallest absolute Gasteiger partial charge is 0.312 e. The molecule has 0 bridgehead atoms. The molecule has 0 unspecified atom stereocenters. The third kappa shape index (κ3) is 3.70. The minimum atomic E-state index is -0.623. The van der Waals surface area contributed by atoms with Crippen LogP contribution in [0.3, 0.4) is 0 Å². The van der Waals surface area contributed by atoms with Gasteiger partial charge in [-0.05, 0) is 12.8 Å². The van der Waals surface area contributed by atoms with Crippen LogP contribution in [0.5, 0.6) is 0 Å². The van der Waals surface area contributed by atoms with Crippen LogP contribution in [0.4, 0.5) is 0 Å². The van der Waals surface area contributed by atoms with Gasteiger partial charge < -0.3 is 24.6 Å². The lowest BCUT2D eigenvalue weighted by Gasteiger charge is -2.33. The Balaban J connectivity index is 1.41. The van der Waals surface area contributed by atoms with Gasteiger partial charge in [0.25, 0.3) is 0 Å². The number of carbonyl (C=O) groups excluding carboxylic acids is 3. The van der Waals surface area contributed by atoms with E-state index in [0.29, 0.717) is 32.8 Å². The summed E-state index contributed by atoms with van der Waals surface area (Å²) in [5, 5.41) is 2.65. The second-order valence-electron chi connectivity index (χ2n) is 6.68. The summed E-state index contributed by atoms with van der Waals surface area (Å²) >= 11 is 0. The largest absolute Gasteiger partial charge is 0.347 e. The number of ether oxygens (including phenoxy) is 2. The van der Waals surface area contributed by atoms with Crippen molar-refractivity contribution >= 4 is 17.7 Å². The molecule has 1 atom stereocenters. The number of rotatable bonds is 2. The highest BCUT2D eigenvalue weighted by molar-refractivity contribution is 6.35. The molecule has 0 radical (unpaired) electrons. The van der Waals surface area contributed by atoms with Crippen LogP contribution in [0.2, 0.25) is 0 Å². The molecule has 0 aromatic heterocycles. The van der Waals surface area contributed by atoms with Gasteiger partial charge in [0.05, 0.1) is 6.61 Å². The predicted octanol–water partition coefficient (Wildman–Crippen LogP) is -0.521. The first-order chi connectivity index (χ1) is 11.5. The van der Waals surface area contributed by atoms with Crippen LogP contribution in [0.15, 0.2) is 0 Å². The van der Waals surface area contributed by atoms with Crippen molar-refractivity contribution in [3.05, 3.63) is 0 Å². The number of hydrogen-bond donors (Lipinski definition) is 1. The lowest BCUT2D eigenvalue weighted by molar-refractivity contribution is -0.162. The van der Waals surface area contributed by atoms with Gasteiger partial charge in [0.1, 0.15) is 6.10 Å². The van der Waals surface area contributed by atoms with Gasteiger partial charge in [0.2, 0.25) is 5.91 Å². The predicted molar refractivity (Wildman–Crippen MR) is 83.9 cm³/mol. The quantitative estimate of drug-likeness (QED) is 0.684. The molecule has 1 saturated carbocycles. The van der Waals surface area contributed by atoms with Gasteiger partial charge in [-0.2, -0.15) is 0 Å². The molecule has 2 aliphatic heterocycles. The normalized spacial score (nSPS) is 26.0. The van der Waals surface area contributed by atoms with Gasteiger partial charge in [-0.25, -0.2) is 0 Å². The summed E-state index contributed by atoms with van der Waals surface area (Å²) < 4.78 is 11.7. The highest BCUT2D eigenvalue weighted by Crippen LogP contribution is 2.38. The van der Waals surface area contributed by atoms with E-state index in [-0.39, 0.29) is 18.6 Å². The molecule has 3 amide bonds. The zero-order chi connectivity index (χ0) is 17.2. The van der Waals surface area contributed by atoms with E-state index >= 15 is 0 Å². The number of nitrogens with one attached hydrogen (secondary N) is 1. The van der Waals surface area contributed by atoms with Crippen LogP contribution in [-0.2, 0) is 23.9 Å². The molecule has 134 valence electrons. The Kier molecular flexibility index (Phi) is 5.05. The fourth-order valence-electron chi connectivity index (χ4n) is 3.54. The van der Waals surface area contributed by atoms with Crippen molar-refractivity contribution in [3.8, 4) is 0 Å². The number of amides is 3. The highest BCUT2D eigenvalue weighted by Gasteiger charge is 2.43. The van der Waals surface area contributed by atoms with Crippen LogP contribution in [0.1, 0.15) is 32.6 Å². The number of nitrogens with zero attached hydrogens (tertiary/aromatic N) is 2. The molecule has 3 rings (SSSR count). The molecule has 1 aliphatic carbocycles. The Hall–Kier alpha value is -1.67. The summed E-state index contributed by atoms with van der Waals surface area (Å²) in [7, 11) is 0. The van der Waals surface area contributed by atoms with E-state index < -0.39 is 17.6 Å². The molecule has 3 aliphatic rings. The van der Waals surface area contributed by atoms with Crippen molar-refractivity contribution in [2.45, 2.75) is 44.5 Å². The minimum absolute atomic E-state index is 0.00854. The van der Waals surface area contributed by atoms with E-state index in [4.69, 9.17) is 9.47 Å². The third-order valence-electron chi connectivity index (χ3n) is 4.98. The van der Waals surface area contributed by atoms with Crippen molar-refractivity contribution in [1.82, 2.24) is 15.1 Å². The van der Waals surface area contributed by atoms with Gasteiger partial charge >= 0.3 is 11.8 Å². The maximum Gasteiger partial charge on any atom is 0.312 e. The molecule has 3 fully saturated rings. The van der Waals surface area contributed by atoms with E-state index in [0.717, 1.165) is 25.7 Å². The molecule has 2 saturated heterocycles. The number of piperazine rings is 1. The van der Waals surface area contributed by atoms with E-state index in [9.17, 15) is 14.4 Å².